The summed E-state index contributed by atoms with van der Waals surface area (Å²) in [6, 6.07) is 13.9. The van der Waals surface area contributed by atoms with E-state index >= 15 is 0 Å². The van der Waals surface area contributed by atoms with Crippen molar-refractivity contribution in [3.8, 4) is 6.07 Å². The Labute approximate surface area is 133 Å². The van der Waals surface area contributed by atoms with Gasteiger partial charge in [-0.05, 0) is 48.0 Å². The van der Waals surface area contributed by atoms with Crippen molar-refractivity contribution in [3.05, 3.63) is 69.0 Å². The lowest BCUT2D eigenvalue weighted by atomic mass is 10.2. The number of nitriles is 1. The average Bonchev–Trinajstić information content (AvgIpc) is 2.47. The first kappa shape index (κ1) is 15.6. The number of rotatable bonds is 3. The molecular weight excluding hydrogens is 329 g/mol. The molecule has 0 spiro atoms. The van der Waals surface area contributed by atoms with Gasteiger partial charge in [0.1, 0.15) is 11.0 Å². The van der Waals surface area contributed by atoms with E-state index < -0.39 is 9.84 Å². The van der Waals surface area contributed by atoms with E-state index in [1.165, 1.54) is 30.3 Å². The first-order valence-electron chi connectivity index (χ1n) is 5.81. The predicted octanol–water partition coefficient (Wildman–Crippen LogP) is 4.33. The number of hydrogen-bond donors (Lipinski definition) is 0. The van der Waals surface area contributed by atoms with Crippen LogP contribution in [0, 0.1) is 11.3 Å². The van der Waals surface area contributed by atoms with Crippen LogP contribution in [0.25, 0.3) is 6.08 Å². The fraction of sp³-hybridized carbons (Fsp3) is 0. The normalized spacial score (nSPS) is 12.0. The highest BCUT2D eigenvalue weighted by Crippen LogP contribution is 2.23. The summed E-state index contributed by atoms with van der Waals surface area (Å²) in [7, 11) is -3.87. The highest BCUT2D eigenvalue weighted by molar-refractivity contribution is 7.95. The Morgan fingerprint density at radius 3 is 1.90 bits per heavy atom. The van der Waals surface area contributed by atoms with Crippen molar-refractivity contribution in [2.75, 3.05) is 0 Å². The molecule has 106 valence electrons. The van der Waals surface area contributed by atoms with Gasteiger partial charge < -0.3 is 0 Å². The first-order chi connectivity index (χ1) is 9.93. The lowest BCUT2D eigenvalue weighted by Crippen LogP contribution is -2.03. The van der Waals surface area contributed by atoms with Crippen LogP contribution in [-0.2, 0) is 9.84 Å². The van der Waals surface area contributed by atoms with Crippen LogP contribution in [0.2, 0.25) is 10.0 Å². The molecule has 0 fully saturated rings. The summed E-state index contributed by atoms with van der Waals surface area (Å²) < 4.78 is 24.8. The molecule has 3 nitrogen and oxygen atoms in total. The van der Waals surface area contributed by atoms with E-state index in [4.69, 9.17) is 28.5 Å². The van der Waals surface area contributed by atoms with E-state index in [1.54, 1.807) is 30.3 Å². The second-order valence-corrected chi connectivity index (χ2v) is 6.92. The zero-order chi connectivity index (χ0) is 15.5. The fourth-order valence-electron chi connectivity index (χ4n) is 1.62. The molecule has 0 bridgehead atoms. The van der Waals surface area contributed by atoms with Crippen LogP contribution in [-0.4, -0.2) is 8.42 Å². The second-order valence-electron chi connectivity index (χ2n) is 4.13. The lowest BCUT2D eigenvalue weighted by molar-refractivity contribution is 0.603. The fourth-order valence-corrected chi connectivity index (χ4v) is 3.03. The third-order valence-electron chi connectivity index (χ3n) is 2.69. The summed E-state index contributed by atoms with van der Waals surface area (Å²) in [6.45, 7) is 0. The number of benzene rings is 2. The summed E-state index contributed by atoms with van der Waals surface area (Å²) >= 11 is 11.5. The smallest absolute Gasteiger partial charge is 0.216 e. The summed E-state index contributed by atoms with van der Waals surface area (Å²) in [5.41, 5.74) is 0.577. The van der Waals surface area contributed by atoms with Crippen molar-refractivity contribution in [3.63, 3.8) is 0 Å². The molecule has 0 aliphatic heterocycles. The van der Waals surface area contributed by atoms with E-state index in [-0.39, 0.29) is 9.80 Å². The highest BCUT2D eigenvalue weighted by Gasteiger charge is 2.20. The minimum Gasteiger partial charge on any atom is -0.218 e. The second kappa shape index (κ2) is 6.31. The SMILES string of the molecule is N#CC(=Cc1ccc(Cl)cc1)S(=O)(=O)c1ccc(Cl)cc1. The Bertz CT molecular complexity index is 817. The van der Waals surface area contributed by atoms with Gasteiger partial charge in [0.2, 0.25) is 9.84 Å². The molecule has 0 N–H and O–H groups in total. The summed E-state index contributed by atoms with van der Waals surface area (Å²) in [6.07, 6.45) is 1.31. The third kappa shape index (κ3) is 3.64. The molecule has 21 heavy (non-hydrogen) atoms. The van der Waals surface area contributed by atoms with Crippen molar-refractivity contribution < 1.29 is 8.42 Å². The highest BCUT2D eigenvalue weighted by atomic mass is 35.5. The van der Waals surface area contributed by atoms with Crippen LogP contribution in [0.15, 0.2) is 58.3 Å². The molecule has 0 aliphatic rings. The molecule has 2 rings (SSSR count). The van der Waals surface area contributed by atoms with Gasteiger partial charge in [-0.3, -0.25) is 0 Å². The van der Waals surface area contributed by atoms with Gasteiger partial charge in [-0.15, -0.1) is 0 Å². The van der Waals surface area contributed by atoms with Crippen LogP contribution in [0.4, 0.5) is 0 Å². The van der Waals surface area contributed by atoms with E-state index in [0.717, 1.165) is 0 Å². The predicted molar refractivity (Wildman–Crippen MR) is 83.7 cm³/mol. The molecule has 6 heteroatoms. The van der Waals surface area contributed by atoms with Crippen LogP contribution in [0.3, 0.4) is 0 Å². The molecule has 2 aromatic carbocycles. The van der Waals surface area contributed by atoms with Crippen molar-refractivity contribution in [2.24, 2.45) is 0 Å². The summed E-state index contributed by atoms with van der Waals surface area (Å²) in [5, 5.41) is 10.1. The van der Waals surface area contributed by atoms with Gasteiger partial charge in [-0.2, -0.15) is 5.26 Å². The standard InChI is InChI=1S/C15H9Cl2NO2S/c16-12-3-1-11(2-4-12)9-15(10-18)21(19,20)14-7-5-13(17)6-8-14/h1-9H. The van der Waals surface area contributed by atoms with Crippen molar-refractivity contribution in [2.45, 2.75) is 4.90 Å². The number of sulfone groups is 1. The van der Waals surface area contributed by atoms with Gasteiger partial charge in [0.25, 0.3) is 0 Å². The number of halogens is 2. The molecular formula is C15H9Cl2NO2S. The lowest BCUT2D eigenvalue weighted by Gasteiger charge is -2.03. The van der Waals surface area contributed by atoms with E-state index in [9.17, 15) is 8.42 Å². The Hall–Kier alpha value is -1.80. The Morgan fingerprint density at radius 1 is 0.952 bits per heavy atom. The maximum absolute atomic E-state index is 12.4. The molecule has 0 amide bonds. The molecule has 0 saturated carbocycles. The van der Waals surface area contributed by atoms with Crippen molar-refractivity contribution in [1.29, 1.82) is 5.26 Å². The Morgan fingerprint density at radius 2 is 1.43 bits per heavy atom. The van der Waals surface area contributed by atoms with Gasteiger partial charge in [-0.25, -0.2) is 8.42 Å². The molecule has 0 aromatic heterocycles. The quantitative estimate of drug-likeness (QED) is 0.783. The van der Waals surface area contributed by atoms with E-state index in [2.05, 4.69) is 0 Å². The summed E-state index contributed by atoms with van der Waals surface area (Å²) in [5.74, 6) is 0. The van der Waals surface area contributed by atoms with Crippen LogP contribution < -0.4 is 0 Å². The van der Waals surface area contributed by atoms with Crippen LogP contribution >= 0.6 is 23.2 Å². The number of nitrogens with zero attached hydrogens (tertiary/aromatic N) is 1. The maximum Gasteiger partial charge on any atom is 0.216 e. The van der Waals surface area contributed by atoms with Gasteiger partial charge >= 0.3 is 0 Å². The van der Waals surface area contributed by atoms with Crippen molar-refractivity contribution >= 4 is 39.1 Å². The zero-order valence-electron chi connectivity index (χ0n) is 10.6. The van der Waals surface area contributed by atoms with Crippen LogP contribution in [0.5, 0.6) is 0 Å². The maximum atomic E-state index is 12.4. The number of hydrogen-bond acceptors (Lipinski definition) is 3. The van der Waals surface area contributed by atoms with E-state index in [0.29, 0.717) is 15.6 Å². The molecule has 0 saturated heterocycles. The largest absolute Gasteiger partial charge is 0.218 e. The zero-order valence-corrected chi connectivity index (χ0v) is 13.0. The first-order valence-corrected chi connectivity index (χ1v) is 8.05. The number of allylic oxidation sites excluding steroid dienone is 1. The van der Waals surface area contributed by atoms with Gasteiger partial charge in [-0.1, -0.05) is 35.3 Å². The topological polar surface area (TPSA) is 57.9 Å². The van der Waals surface area contributed by atoms with Gasteiger partial charge in [0.15, 0.2) is 0 Å². The molecule has 0 aliphatic carbocycles. The molecule has 0 heterocycles. The molecule has 0 atom stereocenters. The Kier molecular flexibility index (Phi) is 4.69. The molecule has 2 aromatic rings. The minimum absolute atomic E-state index is 0.0219. The van der Waals surface area contributed by atoms with Crippen molar-refractivity contribution in [1.82, 2.24) is 0 Å². The van der Waals surface area contributed by atoms with E-state index in [1.807, 2.05) is 0 Å². The minimum atomic E-state index is -3.87. The molecule has 0 unspecified atom stereocenters. The monoisotopic (exact) mass is 337 g/mol. The average molecular weight is 338 g/mol. The molecule has 0 radical (unpaired) electrons. The third-order valence-corrected chi connectivity index (χ3v) is 4.88. The Balaban J connectivity index is 2.47. The van der Waals surface area contributed by atoms with Crippen LogP contribution in [0.1, 0.15) is 5.56 Å². The van der Waals surface area contributed by atoms with Gasteiger partial charge in [0.05, 0.1) is 4.90 Å². The van der Waals surface area contributed by atoms with Gasteiger partial charge in [0, 0.05) is 10.0 Å². The summed E-state index contributed by atoms with van der Waals surface area (Å²) in [4.78, 5) is -0.319.